The fourth-order valence-corrected chi connectivity index (χ4v) is 3.23. The number of carboxylic acids is 1. The second-order valence-corrected chi connectivity index (χ2v) is 6.05. The van der Waals surface area contributed by atoms with Gasteiger partial charge in [0, 0.05) is 21.5 Å². The molecule has 1 aliphatic rings. The lowest BCUT2D eigenvalue weighted by Crippen LogP contribution is -2.40. The van der Waals surface area contributed by atoms with Gasteiger partial charge in [-0.1, -0.05) is 23.7 Å². The van der Waals surface area contributed by atoms with E-state index in [-0.39, 0.29) is 5.56 Å². The highest BCUT2D eigenvalue weighted by molar-refractivity contribution is 6.36. The van der Waals surface area contributed by atoms with E-state index in [1.807, 2.05) is 0 Å². The molecule has 0 saturated carbocycles. The van der Waals surface area contributed by atoms with Gasteiger partial charge in [-0.2, -0.15) is 0 Å². The molecule has 122 valence electrons. The third kappa shape index (κ3) is 2.21. The maximum atomic E-state index is 12.9. The van der Waals surface area contributed by atoms with Gasteiger partial charge in [-0.25, -0.2) is 9.69 Å². The average molecular weight is 352 g/mol. The third-order valence-corrected chi connectivity index (χ3v) is 4.47. The number of halogens is 1. The second-order valence-electron chi connectivity index (χ2n) is 5.62. The molecule has 0 unspecified atom stereocenters. The summed E-state index contributed by atoms with van der Waals surface area (Å²) in [5.74, 6) is -2.09. The molecule has 0 bridgehead atoms. The van der Waals surface area contributed by atoms with Gasteiger partial charge >= 0.3 is 5.97 Å². The van der Waals surface area contributed by atoms with Crippen molar-refractivity contribution in [1.82, 2.24) is 0 Å². The summed E-state index contributed by atoms with van der Waals surface area (Å²) in [5, 5.41) is 10.6. The van der Waals surface area contributed by atoms with Crippen molar-refractivity contribution >= 4 is 45.8 Å². The Morgan fingerprint density at radius 2 is 1.52 bits per heavy atom. The predicted molar refractivity (Wildman–Crippen MR) is 93.5 cm³/mol. The molecule has 0 saturated heterocycles. The SMILES string of the molecule is O=C(O)c1ccc2c3c(cccc13)C(=O)N(c1ccc(Cl)cc1)C2=O. The molecule has 4 rings (SSSR count). The normalized spacial score (nSPS) is 13.4. The van der Waals surface area contributed by atoms with Crippen molar-refractivity contribution in [3.63, 3.8) is 0 Å². The summed E-state index contributed by atoms with van der Waals surface area (Å²) in [6.07, 6.45) is 0. The maximum absolute atomic E-state index is 12.9. The highest BCUT2D eigenvalue weighted by Gasteiger charge is 2.34. The van der Waals surface area contributed by atoms with Crippen LogP contribution in [0.5, 0.6) is 0 Å². The number of aromatic carboxylic acids is 1. The van der Waals surface area contributed by atoms with Gasteiger partial charge in [0.1, 0.15) is 0 Å². The minimum absolute atomic E-state index is 0.0566. The molecule has 1 aliphatic heterocycles. The van der Waals surface area contributed by atoms with Crippen LogP contribution in [0.4, 0.5) is 5.69 Å². The summed E-state index contributed by atoms with van der Waals surface area (Å²) < 4.78 is 0. The number of nitrogens with zero attached hydrogens (tertiary/aromatic N) is 1. The fraction of sp³-hybridized carbons (Fsp3) is 0. The quantitative estimate of drug-likeness (QED) is 0.708. The molecule has 1 heterocycles. The Labute approximate surface area is 147 Å². The zero-order valence-corrected chi connectivity index (χ0v) is 13.4. The Morgan fingerprint density at radius 3 is 2.16 bits per heavy atom. The largest absolute Gasteiger partial charge is 0.478 e. The highest BCUT2D eigenvalue weighted by atomic mass is 35.5. The van der Waals surface area contributed by atoms with Gasteiger partial charge in [-0.05, 0) is 47.9 Å². The van der Waals surface area contributed by atoms with E-state index in [2.05, 4.69) is 0 Å². The van der Waals surface area contributed by atoms with Gasteiger partial charge in [0.15, 0.2) is 0 Å². The summed E-state index contributed by atoms with van der Waals surface area (Å²) in [4.78, 5) is 38.3. The second kappa shape index (κ2) is 5.43. The lowest BCUT2D eigenvalue weighted by Gasteiger charge is -2.27. The van der Waals surface area contributed by atoms with Crippen LogP contribution in [0.3, 0.4) is 0 Å². The number of benzene rings is 3. The van der Waals surface area contributed by atoms with E-state index in [4.69, 9.17) is 11.6 Å². The van der Waals surface area contributed by atoms with E-state index in [1.54, 1.807) is 42.5 Å². The highest BCUT2D eigenvalue weighted by Crippen LogP contribution is 2.34. The van der Waals surface area contributed by atoms with E-state index in [9.17, 15) is 19.5 Å². The number of hydrogen-bond donors (Lipinski definition) is 1. The Hall–Kier alpha value is -3.18. The van der Waals surface area contributed by atoms with Crippen LogP contribution in [0.25, 0.3) is 10.8 Å². The lowest BCUT2D eigenvalue weighted by molar-refractivity contribution is 0.0697. The van der Waals surface area contributed by atoms with Crippen molar-refractivity contribution in [2.24, 2.45) is 0 Å². The summed E-state index contributed by atoms with van der Waals surface area (Å²) >= 11 is 5.87. The smallest absolute Gasteiger partial charge is 0.336 e. The molecule has 6 heteroatoms. The van der Waals surface area contributed by atoms with Gasteiger partial charge in [0.05, 0.1) is 11.3 Å². The van der Waals surface area contributed by atoms with Crippen LogP contribution in [-0.2, 0) is 0 Å². The Kier molecular flexibility index (Phi) is 3.33. The number of rotatable bonds is 2. The first kappa shape index (κ1) is 15.4. The van der Waals surface area contributed by atoms with E-state index in [1.165, 1.54) is 12.1 Å². The molecule has 3 aromatic rings. The van der Waals surface area contributed by atoms with Gasteiger partial charge in [0.2, 0.25) is 0 Å². The standard InChI is InChI=1S/C19H10ClNO4/c20-10-4-6-11(7-5-10)21-17(22)14-3-1-2-12-13(19(24)25)8-9-15(16(12)14)18(21)23/h1-9H,(H,24,25). The van der Waals surface area contributed by atoms with Crippen LogP contribution in [0.15, 0.2) is 54.6 Å². The van der Waals surface area contributed by atoms with Crippen LogP contribution in [0.2, 0.25) is 5.02 Å². The molecule has 2 amide bonds. The monoisotopic (exact) mass is 351 g/mol. The van der Waals surface area contributed by atoms with Crippen LogP contribution >= 0.6 is 11.6 Å². The maximum Gasteiger partial charge on any atom is 0.336 e. The molecule has 0 spiro atoms. The number of carbonyl (C=O) groups is 3. The summed E-state index contributed by atoms with van der Waals surface area (Å²) in [6.45, 7) is 0. The van der Waals surface area contributed by atoms with Gasteiger partial charge < -0.3 is 5.11 Å². The first-order chi connectivity index (χ1) is 12.0. The van der Waals surface area contributed by atoms with Crippen LogP contribution < -0.4 is 4.90 Å². The zero-order chi connectivity index (χ0) is 17.7. The zero-order valence-electron chi connectivity index (χ0n) is 12.7. The van der Waals surface area contributed by atoms with Gasteiger partial charge in [0.25, 0.3) is 11.8 Å². The molecular weight excluding hydrogens is 342 g/mol. The number of amides is 2. The molecule has 5 nitrogen and oxygen atoms in total. The molecule has 0 radical (unpaired) electrons. The number of hydrogen-bond acceptors (Lipinski definition) is 3. The van der Waals surface area contributed by atoms with Crippen molar-refractivity contribution in [3.8, 4) is 0 Å². The fourth-order valence-electron chi connectivity index (χ4n) is 3.11. The number of anilines is 1. The molecule has 0 aromatic heterocycles. The number of imide groups is 1. The number of carbonyl (C=O) groups excluding carboxylic acids is 2. The summed E-state index contributed by atoms with van der Waals surface area (Å²) in [5.41, 5.74) is 1.06. The molecule has 0 atom stereocenters. The first-order valence-electron chi connectivity index (χ1n) is 7.42. The number of carboxylic acid groups (broad SMARTS) is 1. The third-order valence-electron chi connectivity index (χ3n) is 4.22. The topological polar surface area (TPSA) is 74.7 Å². The molecule has 25 heavy (non-hydrogen) atoms. The average Bonchev–Trinajstić information content (AvgIpc) is 2.60. The minimum atomic E-state index is -1.11. The van der Waals surface area contributed by atoms with Crippen molar-refractivity contribution in [2.45, 2.75) is 0 Å². The van der Waals surface area contributed by atoms with Gasteiger partial charge in [-0.15, -0.1) is 0 Å². The predicted octanol–water partition coefficient (Wildman–Crippen LogP) is 3.99. The van der Waals surface area contributed by atoms with Crippen LogP contribution in [0.1, 0.15) is 31.1 Å². The van der Waals surface area contributed by atoms with Gasteiger partial charge in [-0.3, -0.25) is 9.59 Å². The molecule has 1 N–H and O–H groups in total. The summed E-state index contributed by atoms with van der Waals surface area (Å²) in [6, 6.07) is 14.0. The minimum Gasteiger partial charge on any atom is -0.478 e. The Bertz CT molecular complexity index is 1050. The van der Waals surface area contributed by atoms with Crippen LogP contribution in [0, 0.1) is 0 Å². The Balaban J connectivity index is 1.99. The summed E-state index contributed by atoms with van der Waals surface area (Å²) in [7, 11) is 0. The Morgan fingerprint density at radius 1 is 0.880 bits per heavy atom. The van der Waals surface area contributed by atoms with E-state index >= 15 is 0 Å². The van der Waals surface area contributed by atoms with Crippen molar-refractivity contribution in [2.75, 3.05) is 4.90 Å². The first-order valence-corrected chi connectivity index (χ1v) is 7.80. The lowest BCUT2D eigenvalue weighted by atomic mass is 9.91. The van der Waals surface area contributed by atoms with Crippen molar-refractivity contribution in [1.29, 1.82) is 0 Å². The molecular formula is C19H10ClNO4. The molecule has 3 aromatic carbocycles. The van der Waals surface area contributed by atoms with Crippen molar-refractivity contribution in [3.05, 3.63) is 76.3 Å². The van der Waals surface area contributed by atoms with Crippen molar-refractivity contribution < 1.29 is 19.5 Å². The van der Waals surface area contributed by atoms with Crippen LogP contribution in [-0.4, -0.2) is 22.9 Å². The van der Waals surface area contributed by atoms with E-state index < -0.39 is 17.8 Å². The van der Waals surface area contributed by atoms with E-state index in [0.717, 1.165) is 4.90 Å². The molecule has 0 aliphatic carbocycles. The molecule has 0 fully saturated rings. The van der Waals surface area contributed by atoms with E-state index in [0.29, 0.717) is 32.6 Å².